The van der Waals surface area contributed by atoms with Crippen molar-refractivity contribution in [1.29, 1.82) is 5.26 Å². The molecule has 6 nitrogen and oxygen atoms in total. The first-order valence-corrected chi connectivity index (χ1v) is 9.14. The van der Waals surface area contributed by atoms with Crippen LogP contribution in [-0.2, 0) is 0 Å². The molecule has 0 saturated carbocycles. The van der Waals surface area contributed by atoms with E-state index in [4.69, 9.17) is 23.2 Å². The van der Waals surface area contributed by atoms with Crippen LogP contribution in [0.3, 0.4) is 0 Å². The second-order valence-electron chi connectivity index (χ2n) is 5.25. The summed E-state index contributed by atoms with van der Waals surface area (Å²) in [6.45, 7) is 0. The van der Waals surface area contributed by atoms with Crippen molar-refractivity contribution in [3.8, 4) is 17.3 Å². The smallest absolute Gasteiger partial charge is 0.292 e. The van der Waals surface area contributed by atoms with Crippen LogP contribution in [0.1, 0.15) is 5.01 Å². The molecule has 0 fully saturated rings. The molecule has 0 amide bonds. The molecule has 1 N–H and O–H groups in total. The van der Waals surface area contributed by atoms with Crippen LogP contribution in [0.2, 0.25) is 10.0 Å². The predicted octanol–water partition coefficient (Wildman–Crippen LogP) is 6.00. The quantitative estimate of drug-likeness (QED) is 0.312. The Bertz CT molecular complexity index is 1090. The number of hydrogen-bond donors (Lipinski definition) is 1. The summed E-state index contributed by atoms with van der Waals surface area (Å²) in [7, 11) is 0. The number of nitro benzene ring substituents is 1. The van der Waals surface area contributed by atoms with Crippen LogP contribution in [0.4, 0.5) is 11.4 Å². The lowest BCUT2D eigenvalue weighted by atomic mass is 10.2. The SMILES string of the molecule is N#C/C(=C\Nc1ccccc1[N+](=O)[O-])c1nc(-c2ccc(Cl)cc2Cl)cs1. The molecule has 0 atom stereocenters. The standard InChI is InChI=1S/C18H10Cl2N4O2S/c19-12-5-6-13(14(20)7-12)16-10-27-18(23-16)11(8-21)9-22-15-3-1-2-4-17(15)24(25)26/h1-7,9-10,22H/b11-9+. The number of allylic oxidation sites excluding steroid dienone is 1. The summed E-state index contributed by atoms with van der Waals surface area (Å²) in [5.41, 5.74) is 1.76. The molecule has 0 aliphatic rings. The molecule has 0 aliphatic carbocycles. The van der Waals surface area contributed by atoms with E-state index >= 15 is 0 Å². The normalized spacial score (nSPS) is 11.1. The zero-order valence-electron chi connectivity index (χ0n) is 13.5. The largest absolute Gasteiger partial charge is 0.355 e. The molecule has 0 unspecified atom stereocenters. The number of nitrogens with zero attached hydrogens (tertiary/aromatic N) is 3. The number of nitro groups is 1. The molecule has 134 valence electrons. The number of nitrogens with one attached hydrogen (secondary N) is 1. The molecule has 0 radical (unpaired) electrons. The maximum Gasteiger partial charge on any atom is 0.292 e. The van der Waals surface area contributed by atoms with Crippen molar-refractivity contribution in [3.63, 3.8) is 0 Å². The Hall–Kier alpha value is -2.92. The van der Waals surface area contributed by atoms with E-state index in [0.717, 1.165) is 0 Å². The maximum atomic E-state index is 11.1. The minimum absolute atomic E-state index is 0.0844. The molecule has 3 aromatic rings. The van der Waals surface area contributed by atoms with E-state index in [-0.39, 0.29) is 16.9 Å². The summed E-state index contributed by atoms with van der Waals surface area (Å²) < 4.78 is 0. The topological polar surface area (TPSA) is 91.8 Å². The summed E-state index contributed by atoms with van der Waals surface area (Å²) in [5.74, 6) is 0. The molecule has 0 bridgehead atoms. The van der Waals surface area contributed by atoms with E-state index in [1.165, 1.54) is 23.6 Å². The lowest BCUT2D eigenvalue weighted by Crippen LogP contribution is -1.96. The highest BCUT2D eigenvalue weighted by Gasteiger charge is 2.14. The van der Waals surface area contributed by atoms with E-state index < -0.39 is 4.92 Å². The van der Waals surface area contributed by atoms with Crippen LogP contribution in [0.5, 0.6) is 0 Å². The average molecular weight is 417 g/mol. The van der Waals surface area contributed by atoms with Crippen LogP contribution in [0.15, 0.2) is 54.0 Å². The van der Waals surface area contributed by atoms with Gasteiger partial charge in [0.05, 0.1) is 15.6 Å². The number of benzene rings is 2. The Morgan fingerprint density at radius 2 is 2.07 bits per heavy atom. The van der Waals surface area contributed by atoms with Gasteiger partial charge in [0.15, 0.2) is 0 Å². The third-order valence-corrected chi connectivity index (χ3v) is 4.96. The van der Waals surface area contributed by atoms with Crippen molar-refractivity contribution in [2.24, 2.45) is 0 Å². The Labute approximate surface area is 168 Å². The summed E-state index contributed by atoms with van der Waals surface area (Å²) in [4.78, 5) is 15.0. The van der Waals surface area contributed by atoms with Crippen LogP contribution < -0.4 is 5.32 Å². The van der Waals surface area contributed by atoms with Crippen LogP contribution in [0, 0.1) is 21.4 Å². The Kier molecular flexibility index (Phi) is 5.72. The number of thiazole rings is 1. The molecule has 0 saturated heterocycles. The van der Waals surface area contributed by atoms with Crippen LogP contribution >= 0.6 is 34.5 Å². The fourth-order valence-corrected chi connectivity index (χ4v) is 3.56. The second-order valence-corrected chi connectivity index (χ2v) is 6.95. The molecular weight excluding hydrogens is 407 g/mol. The minimum atomic E-state index is -0.494. The molecule has 0 aliphatic heterocycles. The third kappa shape index (κ3) is 4.26. The van der Waals surface area contributed by atoms with Gasteiger partial charge in [-0.15, -0.1) is 11.3 Å². The highest BCUT2D eigenvalue weighted by atomic mass is 35.5. The number of anilines is 1. The maximum absolute atomic E-state index is 11.1. The number of halogens is 2. The first-order chi connectivity index (χ1) is 13.0. The zero-order valence-corrected chi connectivity index (χ0v) is 15.8. The molecular formula is C18H10Cl2N4O2S. The van der Waals surface area contributed by atoms with Crippen molar-refractivity contribution in [3.05, 3.63) is 79.2 Å². The van der Waals surface area contributed by atoms with Crippen LogP contribution in [0.25, 0.3) is 16.8 Å². The monoisotopic (exact) mass is 416 g/mol. The Morgan fingerprint density at radius 3 is 2.78 bits per heavy atom. The average Bonchev–Trinajstić information content (AvgIpc) is 3.12. The van der Waals surface area contributed by atoms with Gasteiger partial charge in [-0.05, 0) is 24.3 Å². The van der Waals surface area contributed by atoms with E-state index in [2.05, 4.69) is 10.3 Å². The number of aromatic nitrogens is 1. The van der Waals surface area contributed by atoms with Gasteiger partial charge in [0, 0.05) is 28.2 Å². The van der Waals surface area contributed by atoms with Crippen molar-refractivity contribution >= 4 is 51.5 Å². The van der Waals surface area contributed by atoms with Gasteiger partial charge in [-0.2, -0.15) is 5.26 Å². The number of hydrogen-bond acceptors (Lipinski definition) is 6. The van der Waals surface area contributed by atoms with Gasteiger partial charge in [-0.3, -0.25) is 10.1 Å². The molecule has 27 heavy (non-hydrogen) atoms. The lowest BCUT2D eigenvalue weighted by molar-refractivity contribution is -0.383. The number of rotatable bonds is 5. The van der Waals surface area contributed by atoms with Gasteiger partial charge in [0.2, 0.25) is 0 Å². The summed E-state index contributed by atoms with van der Waals surface area (Å²) >= 11 is 13.4. The lowest BCUT2D eigenvalue weighted by Gasteiger charge is -2.02. The second kappa shape index (κ2) is 8.18. The fourth-order valence-electron chi connectivity index (χ4n) is 2.27. The highest BCUT2D eigenvalue weighted by Crippen LogP contribution is 2.33. The number of nitriles is 1. The molecule has 1 aromatic heterocycles. The van der Waals surface area contributed by atoms with E-state index in [9.17, 15) is 15.4 Å². The van der Waals surface area contributed by atoms with Gasteiger partial charge < -0.3 is 5.32 Å². The van der Waals surface area contributed by atoms with Gasteiger partial charge >= 0.3 is 0 Å². The van der Waals surface area contributed by atoms with Crippen molar-refractivity contribution in [1.82, 2.24) is 4.98 Å². The molecule has 3 rings (SSSR count). The predicted molar refractivity (Wildman–Crippen MR) is 108 cm³/mol. The van der Waals surface area contributed by atoms with Gasteiger partial charge in [-0.1, -0.05) is 35.3 Å². The van der Waals surface area contributed by atoms with E-state index in [1.54, 1.807) is 41.8 Å². The summed E-state index contributed by atoms with van der Waals surface area (Å²) in [6, 6.07) is 13.3. The van der Waals surface area contributed by atoms with Crippen molar-refractivity contribution < 1.29 is 4.92 Å². The minimum Gasteiger partial charge on any atom is -0.355 e. The van der Waals surface area contributed by atoms with Crippen molar-refractivity contribution in [2.75, 3.05) is 5.32 Å². The summed E-state index contributed by atoms with van der Waals surface area (Å²) in [5, 5.41) is 26.5. The molecule has 9 heteroatoms. The Morgan fingerprint density at radius 1 is 1.30 bits per heavy atom. The van der Waals surface area contributed by atoms with E-state index in [1.807, 2.05) is 6.07 Å². The molecule has 1 heterocycles. The zero-order chi connectivity index (χ0) is 19.4. The van der Waals surface area contributed by atoms with Crippen LogP contribution in [-0.4, -0.2) is 9.91 Å². The van der Waals surface area contributed by atoms with Gasteiger partial charge in [0.1, 0.15) is 22.3 Å². The summed E-state index contributed by atoms with van der Waals surface area (Å²) in [6.07, 6.45) is 1.40. The molecule has 2 aromatic carbocycles. The van der Waals surface area contributed by atoms with Gasteiger partial charge in [0.25, 0.3) is 5.69 Å². The fraction of sp³-hybridized carbons (Fsp3) is 0. The van der Waals surface area contributed by atoms with E-state index in [0.29, 0.717) is 26.3 Å². The number of para-hydroxylation sites is 2. The first-order valence-electron chi connectivity index (χ1n) is 7.51. The Balaban J connectivity index is 1.89. The first kappa shape index (κ1) is 18.9. The highest BCUT2D eigenvalue weighted by molar-refractivity contribution is 7.11. The van der Waals surface area contributed by atoms with Gasteiger partial charge in [-0.25, -0.2) is 4.98 Å². The third-order valence-electron chi connectivity index (χ3n) is 3.53. The van der Waals surface area contributed by atoms with Crippen molar-refractivity contribution in [2.45, 2.75) is 0 Å². The molecule has 0 spiro atoms.